The summed E-state index contributed by atoms with van der Waals surface area (Å²) in [6.45, 7) is 2.66. The number of nitrogen functional groups attached to an aromatic ring is 1. The molecule has 2 rings (SSSR count). The standard InChI is InChI=1S/C11H10FIN2O/c1-2-15-5-8(13)11(16)6-3-7(12)9(14)4-10(6)15/h3-5H,2,14H2,1H3. The van der Waals surface area contributed by atoms with Crippen LogP contribution in [0.1, 0.15) is 6.92 Å². The van der Waals surface area contributed by atoms with Gasteiger partial charge in [0.25, 0.3) is 0 Å². The van der Waals surface area contributed by atoms with E-state index in [1.54, 1.807) is 6.20 Å². The molecule has 0 aliphatic carbocycles. The van der Waals surface area contributed by atoms with Gasteiger partial charge in [0.2, 0.25) is 5.43 Å². The van der Waals surface area contributed by atoms with Crippen molar-refractivity contribution in [1.29, 1.82) is 0 Å². The number of pyridine rings is 1. The number of hydrogen-bond acceptors (Lipinski definition) is 2. The number of fused-ring (bicyclic) bond motifs is 1. The van der Waals surface area contributed by atoms with Gasteiger partial charge in [0.05, 0.1) is 14.8 Å². The topological polar surface area (TPSA) is 48.0 Å². The van der Waals surface area contributed by atoms with Gasteiger partial charge < -0.3 is 10.3 Å². The predicted molar refractivity (Wildman–Crippen MR) is 71.0 cm³/mol. The normalized spacial score (nSPS) is 10.9. The van der Waals surface area contributed by atoms with Gasteiger partial charge in [-0.05, 0) is 41.6 Å². The Morgan fingerprint density at radius 2 is 2.19 bits per heavy atom. The van der Waals surface area contributed by atoms with Crippen LogP contribution in [-0.4, -0.2) is 4.57 Å². The number of anilines is 1. The van der Waals surface area contributed by atoms with Crippen molar-refractivity contribution < 1.29 is 4.39 Å². The minimum atomic E-state index is -0.547. The lowest BCUT2D eigenvalue weighted by Crippen LogP contribution is -2.12. The Morgan fingerprint density at radius 3 is 2.81 bits per heavy atom. The molecule has 0 aliphatic heterocycles. The van der Waals surface area contributed by atoms with Crippen molar-refractivity contribution in [2.75, 3.05) is 5.73 Å². The number of nitrogens with two attached hydrogens (primary N) is 1. The molecule has 0 aliphatic rings. The zero-order chi connectivity index (χ0) is 11.9. The second-order valence-corrected chi connectivity index (χ2v) is 4.65. The lowest BCUT2D eigenvalue weighted by atomic mass is 10.2. The smallest absolute Gasteiger partial charge is 0.202 e. The van der Waals surface area contributed by atoms with E-state index < -0.39 is 5.82 Å². The molecule has 0 atom stereocenters. The molecule has 1 heterocycles. The van der Waals surface area contributed by atoms with E-state index in [4.69, 9.17) is 5.73 Å². The Hall–Kier alpha value is -1.11. The molecule has 0 unspecified atom stereocenters. The number of aryl methyl sites for hydroxylation is 1. The van der Waals surface area contributed by atoms with Crippen LogP contribution in [-0.2, 0) is 6.54 Å². The summed E-state index contributed by atoms with van der Waals surface area (Å²) < 4.78 is 15.8. The Balaban J connectivity index is 2.99. The van der Waals surface area contributed by atoms with Gasteiger partial charge in [0.15, 0.2) is 0 Å². The van der Waals surface area contributed by atoms with E-state index in [2.05, 4.69) is 0 Å². The zero-order valence-electron chi connectivity index (χ0n) is 8.63. The Labute approximate surface area is 105 Å². The predicted octanol–water partition coefficient (Wildman–Crippen LogP) is 2.35. The molecule has 2 N–H and O–H groups in total. The Morgan fingerprint density at radius 1 is 1.50 bits per heavy atom. The van der Waals surface area contributed by atoms with E-state index in [-0.39, 0.29) is 11.1 Å². The van der Waals surface area contributed by atoms with Crippen molar-refractivity contribution in [2.45, 2.75) is 13.5 Å². The third-order valence-electron chi connectivity index (χ3n) is 2.50. The van der Waals surface area contributed by atoms with E-state index in [1.165, 1.54) is 12.1 Å². The van der Waals surface area contributed by atoms with Crippen molar-refractivity contribution in [1.82, 2.24) is 4.57 Å². The molecule has 0 bridgehead atoms. The van der Waals surface area contributed by atoms with Gasteiger partial charge in [-0.3, -0.25) is 4.79 Å². The van der Waals surface area contributed by atoms with E-state index >= 15 is 0 Å². The number of benzene rings is 1. The van der Waals surface area contributed by atoms with Gasteiger partial charge in [-0.15, -0.1) is 0 Å². The molecule has 0 fully saturated rings. The summed E-state index contributed by atoms with van der Waals surface area (Å²) in [5.74, 6) is -0.547. The van der Waals surface area contributed by atoms with Crippen LogP contribution in [0, 0.1) is 9.39 Å². The first-order valence-corrected chi connectivity index (χ1v) is 5.90. The quantitative estimate of drug-likeness (QED) is 0.644. The van der Waals surface area contributed by atoms with E-state index in [1.807, 2.05) is 34.1 Å². The summed E-state index contributed by atoms with van der Waals surface area (Å²) in [7, 11) is 0. The van der Waals surface area contributed by atoms with Crippen LogP contribution in [0.15, 0.2) is 23.1 Å². The van der Waals surface area contributed by atoms with Crippen LogP contribution < -0.4 is 11.2 Å². The molecule has 0 amide bonds. The van der Waals surface area contributed by atoms with Gasteiger partial charge in [-0.25, -0.2) is 4.39 Å². The first kappa shape index (κ1) is 11.4. The highest BCUT2D eigenvalue weighted by Crippen LogP contribution is 2.19. The molecule has 5 heteroatoms. The van der Waals surface area contributed by atoms with E-state index in [0.717, 1.165) is 0 Å². The largest absolute Gasteiger partial charge is 0.396 e. The number of halogens is 2. The van der Waals surface area contributed by atoms with Crippen molar-refractivity contribution in [3.8, 4) is 0 Å². The van der Waals surface area contributed by atoms with E-state index in [9.17, 15) is 9.18 Å². The maximum atomic E-state index is 13.3. The summed E-state index contributed by atoms with van der Waals surface area (Å²) >= 11 is 1.95. The SMILES string of the molecule is CCn1cc(I)c(=O)c2cc(F)c(N)cc21. The molecule has 0 radical (unpaired) electrons. The number of aromatic nitrogens is 1. The first-order valence-electron chi connectivity index (χ1n) is 4.82. The summed E-state index contributed by atoms with van der Waals surface area (Å²) in [6.07, 6.45) is 1.75. The van der Waals surface area contributed by atoms with Crippen LogP contribution in [0.5, 0.6) is 0 Å². The average Bonchev–Trinajstić information content (AvgIpc) is 2.26. The van der Waals surface area contributed by atoms with Gasteiger partial charge in [0, 0.05) is 18.1 Å². The summed E-state index contributed by atoms with van der Waals surface area (Å²) in [4.78, 5) is 11.8. The Kier molecular flexibility index (Phi) is 2.88. The highest BCUT2D eigenvalue weighted by molar-refractivity contribution is 14.1. The Bertz CT molecular complexity index is 621. The molecule has 84 valence electrons. The highest BCUT2D eigenvalue weighted by atomic mass is 127. The first-order chi connectivity index (χ1) is 7.54. The van der Waals surface area contributed by atoms with Gasteiger partial charge in [-0.1, -0.05) is 0 Å². The molecule has 3 nitrogen and oxygen atoms in total. The molecule has 16 heavy (non-hydrogen) atoms. The minimum Gasteiger partial charge on any atom is -0.396 e. The fraction of sp³-hybridized carbons (Fsp3) is 0.182. The summed E-state index contributed by atoms with van der Waals surface area (Å²) in [5, 5.41) is 0.375. The number of nitrogens with zero attached hydrogens (tertiary/aromatic N) is 1. The monoisotopic (exact) mass is 332 g/mol. The number of hydrogen-bond donors (Lipinski definition) is 1. The highest BCUT2D eigenvalue weighted by Gasteiger charge is 2.09. The minimum absolute atomic E-state index is 0.0651. The van der Waals surface area contributed by atoms with E-state index in [0.29, 0.717) is 21.0 Å². The summed E-state index contributed by atoms with van der Waals surface area (Å²) in [5.41, 5.74) is 6.09. The van der Waals surface area contributed by atoms with Crippen LogP contribution in [0.25, 0.3) is 10.9 Å². The molecule has 0 spiro atoms. The molecule has 1 aromatic carbocycles. The van der Waals surface area contributed by atoms with Crippen molar-refractivity contribution >= 4 is 39.2 Å². The molecule has 0 saturated carbocycles. The van der Waals surface area contributed by atoms with Crippen LogP contribution in [0.4, 0.5) is 10.1 Å². The van der Waals surface area contributed by atoms with Crippen LogP contribution in [0.2, 0.25) is 0 Å². The third kappa shape index (κ3) is 1.68. The number of rotatable bonds is 1. The van der Waals surface area contributed by atoms with Crippen molar-refractivity contribution in [3.05, 3.63) is 37.9 Å². The van der Waals surface area contributed by atoms with Gasteiger partial charge >= 0.3 is 0 Å². The van der Waals surface area contributed by atoms with Gasteiger partial charge in [0.1, 0.15) is 5.82 Å². The third-order valence-corrected chi connectivity index (χ3v) is 3.26. The van der Waals surface area contributed by atoms with Crippen LogP contribution in [0.3, 0.4) is 0 Å². The maximum absolute atomic E-state index is 13.3. The maximum Gasteiger partial charge on any atom is 0.202 e. The molecule has 0 saturated heterocycles. The lowest BCUT2D eigenvalue weighted by molar-refractivity contribution is 0.633. The van der Waals surface area contributed by atoms with Crippen LogP contribution >= 0.6 is 22.6 Å². The van der Waals surface area contributed by atoms with Crippen molar-refractivity contribution in [3.63, 3.8) is 0 Å². The lowest BCUT2D eigenvalue weighted by Gasteiger charge is -2.10. The summed E-state index contributed by atoms with van der Waals surface area (Å²) in [6, 6.07) is 2.72. The second-order valence-electron chi connectivity index (χ2n) is 3.48. The molecule has 2 aromatic rings. The average molecular weight is 332 g/mol. The second kappa shape index (κ2) is 4.04. The molecule has 1 aromatic heterocycles. The zero-order valence-corrected chi connectivity index (χ0v) is 10.8. The fourth-order valence-electron chi connectivity index (χ4n) is 1.65. The molecular formula is C11H10FIN2O. The van der Waals surface area contributed by atoms with Crippen molar-refractivity contribution in [2.24, 2.45) is 0 Å². The van der Waals surface area contributed by atoms with Gasteiger partial charge in [-0.2, -0.15) is 0 Å². The fourth-order valence-corrected chi connectivity index (χ4v) is 2.28. The molecular weight excluding hydrogens is 322 g/mol.